The molecule has 5 nitrogen and oxygen atoms in total. The smallest absolute Gasteiger partial charge is 0.375 e. The van der Waals surface area contributed by atoms with Gasteiger partial charge >= 0.3 is 6.18 Å². The maximum atomic E-state index is 14.5. The molecule has 0 unspecified atom stereocenters. The first kappa shape index (κ1) is 22.9. The van der Waals surface area contributed by atoms with Crippen LogP contribution in [0.3, 0.4) is 0 Å². The number of hydrogen-bond donors (Lipinski definition) is 3. The zero-order chi connectivity index (χ0) is 22.6. The summed E-state index contributed by atoms with van der Waals surface area (Å²) in [6, 6.07) is 7.26. The molecule has 0 amide bonds. The number of nitrogens with two attached hydrogens (primary N) is 1. The van der Waals surface area contributed by atoms with Crippen LogP contribution in [-0.4, -0.2) is 30.5 Å². The van der Waals surface area contributed by atoms with E-state index in [2.05, 4.69) is 28.1 Å². The Kier molecular flexibility index (Phi) is 7.06. The quantitative estimate of drug-likeness (QED) is 0.268. The largest absolute Gasteiger partial charge is 0.416 e. The molecule has 4 N–H and O–H groups in total. The van der Waals surface area contributed by atoms with E-state index in [0.29, 0.717) is 19.5 Å². The minimum atomic E-state index is -4.43. The van der Waals surface area contributed by atoms with Crippen molar-refractivity contribution in [2.24, 2.45) is 10.8 Å². The second-order valence-corrected chi connectivity index (χ2v) is 7.47. The van der Waals surface area contributed by atoms with Crippen LogP contribution in [0.15, 0.2) is 41.5 Å². The molecular formula is C20H20F5N5S. The van der Waals surface area contributed by atoms with E-state index in [9.17, 15) is 22.0 Å². The summed E-state index contributed by atoms with van der Waals surface area (Å²) in [7, 11) is 0. The molecule has 0 radical (unpaired) electrons. The minimum Gasteiger partial charge on any atom is -0.375 e. The van der Waals surface area contributed by atoms with Gasteiger partial charge in [-0.15, -0.1) is 0 Å². The number of nitrogens with zero attached hydrogens (tertiary/aromatic N) is 2. The van der Waals surface area contributed by atoms with Crippen LogP contribution in [0.4, 0.5) is 27.6 Å². The van der Waals surface area contributed by atoms with Crippen molar-refractivity contribution in [2.75, 3.05) is 18.0 Å². The predicted octanol–water partition coefficient (Wildman–Crippen LogP) is 3.52. The highest BCUT2D eigenvalue weighted by molar-refractivity contribution is 7.80. The molecule has 0 saturated carbocycles. The number of rotatable bonds is 6. The summed E-state index contributed by atoms with van der Waals surface area (Å²) in [6.45, 7) is 0.794. The van der Waals surface area contributed by atoms with Gasteiger partial charge in [-0.2, -0.15) is 18.3 Å². The van der Waals surface area contributed by atoms with Gasteiger partial charge in [-0.05, 0) is 36.3 Å². The Morgan fingerprint density at radius 2 is 1.97 bits per heavy atom. The van der Waals surface area contributed by atoms with Gasteiger partial charge in [0.05, 0.1) is 17.5 Å². The van der Waals surface area contributed by atoms with E-state index in [1.807, 2.05) is 0 Å². The highest BCUT2D eigenvalue weighted by Gasteiger charge is 2.33. The number of anilines is 1. The second kappa shape index (κ2) is 9.56. The number of thiocarbonyl (C=S) groups is 1. The molecule has 1 heterocycles. The van der Waals surface area contributed by atoms with Crippen molar-refractivity contribution in [1.82, 2.24) is 10.7 Å². The Hall–Kier alpha value is -2.79. The molecule has 1 saturated heterocycles. The van der Waals surface area contributed by atoms with Crippen LogP contribution in [0, 0.1) is 11.6 Å². The Bertz CT molecular complexity index is 979. The van der Waals surface area contributed by atoms with Crippen LogP contribution >= 0.6 is 12.2 Å². The van der Waals surface area contributed by atoms with Gasteiger partial charge in [0.25, 0.3) is 0 Å². The Balaban J connectivity index is 1.64. The van der Waals surface area contributed by atoms with Crippen molar-refractivity contribution >= 4 is 29.2 Å². The molecule has 166 valence electrons. The van der Waals surface area contributed by atoms with Crippen molar-refractivity contribution in [1.29, 1.82) is 0 Å². The van der Waals surface area contributed by atoms with Crippen molar-refractivity contribution < 1.29 is 22.0 Å². The van der Waals surface area contributed by atoms with E-state index in [1.165, 1.54) is 12.1 Å². The Morgan fingerprint density at radius 3 is 2.68 bits per heavy atom. The lowest BCUT2D eigenvalue weighted by Gasteiger charge is -2.21. The highest BCUT2D eigenvalue weighted by Crippen LogP contribution is 2.32. The summed E-state index contributed by atoms with van der Waals surface area (Å²) in [4.78, 5) is 1.65. The maximum absolute atomic E-state index is 14.5. The van der Waals surface area contributed by atoms with Crippen molar-refractivity contribution in [2.45, 2.75) is 25.2 Å². The fourth-order valence-electron chi connectivity index (χ4n) is 3.41. The average molecular weight is 457 g/mol. The maximum Gasteiger partial charge on any atom is 0.416 e. The summed E-state index contributed by atoms with van der Waals surface area (Å²) in [5.74, 6) is -1.32. The summed E-state index contributed by atoms with van der Waals surface area (Å²) < 4.78 is 68.3. The van der Waals surface area contributed by atoms with Crippen molar-refractivity contribution in [3.63, 3.8) is 0 Å². The molecule has 31 heavy (non-hydrogen) atoms. The van der Waals surface area contributed by atoms with Crippen molar-refractivity contribution in [3.8, 4) is 0 Å². The molecule has 3 rings (SSSR count). The monoisotopic (exact) mass is 457 g/mol. The van der Waals surface area contributed by atoms with Gasteiger partial charge in [-0.3, -0.25) is 5.43 Å². The third-order valence-electron chi connectivity index (χ3n) is 4.88. The number of hydrazone groups is 1. The third-order valence-corrected chi connectivity index (χ3v) is 4.97. The first-order chi connectivity index (χ1) is 14.6. The molecule has 0 aromatic heterocycles. The lowest BCUT2D eigenvalue weighted by atomic mass is 10.1. The fraction of sp³-hybridized carbons (Fsp3) is 0.300. The molecule has 1 atom stereocenters. The van der Waals surface area contributed by atoms with E-state index < -0.39 is 23.4 Å². The van der Waals surface area contributed by atoms with Gasteiger partial charge < -0.3 is 16.0 Å². The summed E-state index contributed by atoms with van der Waals surface area (Å²) in [5, 5.41) is 6.58. The van der Waals surface area contributed by atoms with Gasteiger partial charge in [0, 0.05) is 37.3 Å². The van der Waals surface area contributed by atoms with Crippen LogP contribution in [0.2, 0.25) is 0 Å². The lowest BCUT2D eigenvalue weighted by Crippen LogP contribution is -2.33. The predicted molar refractivity (Wildman–Crippen MR) is 113 cm³/mol. The highest BCUT2D eigenvalue weighted by atomic mass is 32.1. The normalized spacial score (nSPS) is 16.8. The van der Waals surface area contributed by atoms with E-state index in [4.69, 9.17) is 5.73 Å². The number of benzene rings is 2. The standard InChI is InChI=1S/C20H20F5N5S/c21-16-8-18(17(22)7-13(16)10-28-29-19(26)31)30-6-5-14(11-30)27-9-12-3-1-2-4-15(12)20(23,24)25/h1-4,7-8,10,14,27H,5-6,9,11H2,(H3,26,29,31)/b28-10+/t14-/m0/s1. The molecule has 1 aliphatic heterocycles. The third kappa shape index (κ3) is 5.88. The molecule has 1 fully saturated rings. The number of nitrogens with one attached hydrogen (secondary N) is 2. The first-order valence-electron chi connectivity index (χ1n) is 9.36. The van der Waals surface area contributed by atoms with E-state index in [0.717, 1.165) is 24.4 Å². The summed E-state index contributed by atoms with van der Waals surface area (Å²) in [6.07, 6.45) is -2.79. The van der Waals surface area contributed by atoms with Crippen molar-refractivity contribution in [3.05, 3.63) is 64.7 Å². The fourth-order valence-corrected chi connectivity index (χ4v) is 3.46. The Labute approximate surface area is 181 Å². The van der Waals surface area contributed by atoms with Crippen LogP contribution in [-0.2, 0) is 12.7 Å². The summed E-state index contributed by atoms with van der Waals surface area (Å²) in [5.41, 5.74) is 6.91. The van der Waals surface area contributed by atoms with Crippen LogP contribution in [0.25, 0.3) is 0 Å². The van der Waals surface area contributed by atoms with Gasteiger partial charge in [0.15, 0.2) is 5.11 Å². The van der Waals surface area contributed by atoms with E-state index in [-0.39, 0.29) is 34.5 Å². The number of halogens is 5. The molecular weight excluding hydrogens is 437 g/mol. The van der Waals surface area contributed by atoms with Crippen LogP contribution < -0.4 is 21.4 Å². The SMILES string of the molecule is NC(=S)N/N=C/c1cc(F)c(N2CC[C@H](NCc3ccccc3C(F)(F)F)C2)cc1F. The second-order valence-electron chi connectivity index (χ2n) is 7.03. The number of hydrogen-bond acceptors (Lipinski definition) is 4. The molecule has 0 aliphatic carbocycles. The zero-order valence-electron chi connectivity index (χ0n) is 16.2. The summed E-state index contributed by atoms with van der Waals surface area (Å²) >= 11 is 4.57. The van der Waals surface area contributed by atoms with Crippen LogP contribution in [0.1, 0.15) is 23.1 Å². The average Bonchev–Trinajstić information content (AvgIpc) is 3.16. The Morgan fingerprint density at radius 1 is 1.23 bits per heavy atom. The van der Waals surface area contributed by atoms with Gasteiger partial charge in [0.1, 0.15) is 11.6 Å². The molecule has 1 aliphatic rings. The molecule has 2 aromatic carbocycles. The van der Waals surface area contributed by atoms with Gasteiger partial charge in [-0.25, -0.2) is 8.78 Å². The molecule has 11 heteroatoms. The van der Waals surface area contributed by atoms with Gasteiger partial charge in [-0.1, -0.05) is 18.2 Å². The zero-order valence-corrected chi connectivity index (χ0v) is 17.0. The first-order valence-corrected chi connectivity index (χ1v) is 9.77. The van der Waals surface area contributed by atoms with Crippen LogP contribution in [0.5, 0.6) is 0 Å². The molecule has 2 aromatic rings. The van der Waals surface area contributed by atoms with E-state index >= 15 is 0 Å². The van der Waals surface area contributed by atoms with Gasteiger partial charge in [0.2, 0.25) is 0 Å². The number of alkyl halides is 3. The molecule has 0 spiro atoms. The topological polar surface area (TPSA) is 65.7 Å². The van der Waals surface area contributed by atoms with E-state index in [1.54, 1.807) is 11.0 Å². The minimum absolute atomic E-state index is 0.0242. The lowest BCUT2D eigenvalue weighted by molar-refractivity contribution is -0.138. The molecule has 0 bridgehead atoms.